The highest BCUT2D eigenvalue weighted by molar-refractivity contribution is 7.80. The van der Waals surface area contributed by atoms with Gasteiger partial charge in [-0.3, -0.25) is 24.6 Å². The van der Waals surface area contributed by atoms with Gasteiger partial charge in [-0.05, 0) is 36.8 Å². The van der Waals surface area contributed by atoms with Crippen molar-refractivity contribution in [3.8, 4) is 11.5 Å². The van der Waals surface area contributed by atoms with Crippen molar-refractivity contribution in [3.63, 3.8) is 0 Å². The third-order valence-corrected chi connectivity index (χ3v) is 4.13. The van der Waals surface area contributed by atoms with E-state index >= 15 is 0 Å². The van der Waals surface area contributed by atoms with Crippen LogP contribution in [0.4, 0.5) is 0 Å². The van der Waals surface area contributed by atoms with E-state index in [1.54, 1.807) is 18.2 Å². The SMILES string of the molecule is C=CCN1C(=O)C(=Cc2ccc(OCCCC(=O)O)cc2OC)C(=O)NC1=S. The van der Waals surface area contributed by atoms with Gasteiger partial charge in [0.15, 0.2) is 5.11 Å². The molecule has 0 spiro atoms. The Morgan fingerprint density at radius 3 is 2.79 bits per heavy atom. The smallest absolute Gasteiger partial charge is 0.303 e. The maximum atomic E-state index is 12.6. The van der Waals surface area contributed by atoms with Crippen molar-refractivity contribution in [2.45, 2.75) is 12.8 Å². The number of carboxylic acids is 1. The van der Waals surface area contributed by atoms with Crippen LogP contribution >= 0.6 is 12.2 Å². The zero-order valence-corrected chi connectivity index (χ0v) is 16.1. The van der Waals surface area contributed by atoms with Gasteiger partial charge < -0.3 is 14.6 Å². The molecule has 8 nitrogen and oxygen atoms in total. The number of hydrogen-bond donors (Lipinski definition) is 2. The molecule has 2 amide bonds. The molecule has 0 bridgehead atoms. The lowest BCUT2D eigenvalue weighted by Crippen LogP contribution is -2.53. The van der Waals surface area contributed by atoms with Crippen LogP contribution in [0.5, 0.6) is 11.5 Å². The molecule has 2 rings (SSSR count). The number of methoxy groups -OCH3 is 1. The summed E-state index contributed by atoms with van der Waals surface area (Å²) in [5.41, 5.74) is 0.425. The Balaban J connectivity index is 2.22. The average Bonchev–Trinajstić information content (AvgIpc) is 2.66. The molecular weight excluding hydrogens is 384 g/mol. The van der Waals surface area contributed by atoms with Gasteiger partial charge in [-0.15, -0.1) is 6.58 Å². The maximum Gasteiger partial charge on any atom is 0.303 e. The van der Waals surface area contributed by atoms with Gasteiger partial charge in [0.1, 0.15) is 17.1 Å². The number of carbonyl (C=O) groups is 3. The number of hydrogen-bond acceptors (Lipinski definition) is 6. The van der Waals surface area contributed by atoms with E-state index in [0.29, 0.717) is 23.5 Å². The summed E-state index contributed by atoms with van der Waals surface area (Å²) in [5, 5.41) is 11.1. The average molecular weight is 404 g/mol. The highest BCUT2D eigenvalue weighted by Gasteiger charge is 2.32. The Morgan fingerprint density at radius 1 is 1.39 bits per heavy atom. The lowest BCUT2D eigenvalue weighted by molar-refractivity contribution is -0.137. The molecule has 28 heavy (non-hydrogen) atoms. The zero-order valence-electron chi connectivity index (χ0n) is 15.3. The molecule has 1 aliphatic heterocycles. The van der Waals surface area contributed by atoms with Crippen molar-refractivity contribution in [3.05, 3.63) is 42.0 Å². The molecular formula is C19H20N2O6S. The summed E-state index contributed by atoms with van der Waals surface area (Å²) in [6.45, 7) is 3.99. The number of ether oxygens (including phenoxy) is 2. The van der Waals surface area contributed by atoms with Crippen molar-refractivity contribution in [2.24, 2.45) is 0 Å². The van der Waals surface area contributed by atoms with E-state index in [4.69, 9.17) is 26.8 Å². The fraction of sp³-hybridized carbons (Fsp3) is 0.263. The van der Waals surface area contributed by atoms with Crippen LogP contribution in [0.25, 0.3) is 6.08 Å². The minimum atomic E-state index is -0.886. The number of benzene rings is 1. The normalized spacial score (nSPS) is 15.4. The minimum Gasteiger partial charge on any atom is -0.496 e. The number of carboxylic acid groups (broad SMARTS) is 1. The van der Waals surface area contributed by atoms with Crippen LogP contribution in [0.3, 0.4) is 0 Å². The molecule has 0 atom stereocenters. The van der Waals surface area contributed by atoms with Gasteiger partial charge in [0, 0.05) is 24.6 Å². The van der Waals surface area contributed by atoms with Gasteiger partial charge in [0.05, 0.1) is 13.7 Å². The predicted octanol–water partition coefficient (Wildman–Crippen LogP) is 1.75. The topological polar surface area (TPSA) is 105 Å². The van der Waals surface area contributed by atoms with Crippen LogP contribution < -0.4 is 14.8 Å². The van der Waals surface area contributed by atoms with Gasteiger partial charge in [-0.25, -0.2) is 0 Å². The lowest BCUT2D eigenvalue weighted by atomic mass is 10.1. The van der Waals surface area contributed by atoms with E-state index in [2.05, 4.69) is 11.9 Å². The van der Waals surface area contributed by atoms with Crippen molar-refractivity contribution < 1.29 is 29.0 Å². The van der Waals surface area contributed by atoms with Crippen LogP contribution in [0.15, 0.2) is 36.4 Å². The molecule has 1 saturated heterocycles. The van der Waals surface area contributed by atoms with E-state index in [-0.39, 0.29) is 30.3 Å². The fourth-order valence-electron chi connectivity index (χ4n) is 2.46. The molecule has 148 valence electrons. The van der Waals surface area contributed by atoms with E-state index in [1.807, 2.05) is 0 Å². The Morgan fingerprint density at radius 2 is 2.14 bits per heavy atom. The monoisotopic (exact) mass is 404 g/mol. The number of thiocarbonyl (C=S) groups is 1. The Bertz CT molecular complexity index is 849. The second-order valence-corrected chi connectivity index (χ2v) is 6.16. The first kappa shape index (κ1) is 21.1. The molecule has 1 aromatic rings. The summed E-state index contributed by atoms with van der Waals surface area (Å²) in [5.74, 6) is -1.12. The molecule has 1 aromatic carbocycles. The fourth-order valence-corrected chi connectivity index (χ4v) is 2.71. The van der Waals surface area contributed by atoms with E-state index < -0.39 is 17.8 Å². The number of nitrogens with one attached hydrogen (secondary N) is 1. The first-order valence-electron chi connectivity index (χ1n) is 8.39. The Labute approximate surface area is 167 Å². The highest BCUT2D eigenvalue weighted by Crippen LogP contribution is 2.28. The van der Waals surface area contributed by atoms with Gasteiger partial charge in [0.2, 0.25) is 0 Å². The summed E-state index contributed by atoms with van der Waals surface area (Å²) < 4.78 is 10.8. The molecule has 0 radical (unpaired) electrons. The van der Waals surface area contributed by atoms with Crippen LogP contribution in [0.1, 0.15) is 18.4 Å². The Kier molecular flexibility index (Phi) is 7.28. The number of nitrogens with zero attached hydrogens (tertiary/aromatic N) is 1. The lowest BCUT2D eigenvalue weighted by Gasteiger charge is -2.27. The van der Waals surface area contributed by atoms with Crippen molar-refractivity contribution in [2.75, 3.05) is 20.3 Å². The molecule has 1 fully saturated rings. The van der Waals surface area contributed by atoms with Gasteiger partial charge in [-0.2, -0.15) is 0 Å². The quantitative estimate of drug-likeness (QED) is 0.212. The molecule has 0 saturated carbocycles. The zero-order chi connectivity index (χ0) is 20.7. The molecule has 2 N–H and O–H groups in total. The van der Waals surface area contributed by atoms with Crippen molar-refractivity contribution in [1.82, 2.24) is 10.2 Å². The van der Waals surface area contributed by atoms with Crippen LogP contribution in [-0.2, 0) is 14.4 Å². The third kappa shape index (κ3) is 5.17. The van der Waals surface area contributed by atoms with E-state index in [9.17, 15) is 14.4 Å². The first-order chi connectivity index (χ1) is 13.4. The number of amides is 2. The standard InChI is InChI=1S/C19H20N2O6S/c1-3-8-21-18(25)14(17(24)20-19(21)28)10-12-6-7-13(11-15(12)26-2)27-9-4-5-16(22)23/h3,6-7,10-11H,1,4-5,8-9H2,2H3,(H,22,23)(H,20,24,28). The van der Waals surface area contributed by atoms with E-state index in [1.165, 1.54) is 24.2 Å². The highest BCUT2D eigenvalue weighted by atomic mass is 32.1. The third-order valence-electron chi connectivity index (χ3n) is 3.81. The van der Waals surface area contributed by atoms with Gasteiger partial charge in [0.25, 0.3) is 11.8 Å². The van der Waals surface area contributed by atoms with Crippen molar-refractivity contribution in [1.29, 1.82) is 0 Å². The molecule has 0 aliphatic carbocycles. The summed E-state index contributed by atoms with van der Waals surface area (Å²) in [6.07, 6.45) is 3.32. The van der Waals surface area contributed by atoms with Crippen LogP contribution in [0.2, 0.25) is 0 Å². The Hall–Kier alpha value is -3.20. The molecule has 0 aromatic heterocycles. The molecule has 1 aliphatic rings. The van der Waals surface area contributed by atoms with E-state index in [0.717, 1.165) is 0 Å². The maximum absolute atomic E-state index is 12.6. The molecule has 9 heteroatoms. The van der Waals surface area contributed by atoms with Crippen LogP contribution in [-0.4, -0.2) is 53.2 Å². The minimum absolute atomic E-state index is 0.0155. The number of carbonyl (C=O) groups excluding carboxylic acids is 2. The summed E-state index contributed by atoms with van der Waals surface area (Å²) >= 11 is 5.02. The number of aliphatic carboxylic acids is 1. The summed E-state index contributed by atoms with van der Waals surface area (Å²) in [4.78, 5) is 36.6. The molecule has 1 heterocycles. The summed E-state index contributed by atoms with van der Waals surface area (Å²) in [7, 11) is 1.45. The second-order valence-electron chi connectivity index (χ2n) is 5.77. The van der Waals surface area contributed by atoms with Crippen LogP contribution in [0, 0.1) is 0 Å². The number of rotatable bonds is 9. The predicted molar refractivity (Wildman–Crippen MR) is 106 cm³/mol. The largest absolute Gasteiger partial charge is 0.496 e. The van der Waals surface area contributed by atoms with Gasteiger partial charge in [-0.1, -0.05) is 6.08 Å². The van der Waals surface area contributed by atoms with Gasteiger partial charge >= 0.3 is 5.97 Å². The second kappa shape index (κ2) is 9.65. The first-order valence-corrected chi connectivity index (χ1v) is 8.80. The summed E-state index contributed by atoms with van der Waals surface area (Å²) in [6, 6.07) is 4.89. The molecule has 0 unspecified atom stereocenters. The van der Waals surface area contributed by atoms with Crippen molar-refractivity contribution >= 4 is 41.2 Å².